The van der Waals surface area contributed by atoms with Crippen LogP contribution in [-0.4, -0.2) is 48.5 Å². The first-order chi connectivity index (χ1) is 16.8. The van der Waals surface area contributed by atoms with E-state index in [9.17, 15) is 8.78 Å². The number of rotatable bonds is 11. The van der Waals surface area contributed by atoms with Gasteiger partial charge in [0.05, 0.1) is 32.6 Å². The molecule has 0 N–H and O–H groups in total. The van der Waals surface area contributed by atoms with Crippen LogP contribution in [0.2, 0.25) is 0 Å². The minimum atomic E-state index is -1.34. The number of fused-ring (bicyclic) bond motifs is 2. The van der Waals surface area contributed by atoms with Crippen molar-refractivity contribution in [2.45, 2.75) is 77.0 Å². The van der Waals surface area contributed by atoms with Crippen molar-refractivity contribution in [3.05, 3.63) is 58.9 Å². The van der Waals surface area contributed by atoms with Crippen molar-refractivity contribution in [1.29, 1.82) is 0 Å². The first-order valence-electron chi connectivity index (χ1n) is 12.8. The van der Waals surface area contributed by atoms with Gasteiger partial charge < -0.3 is 9.47 Å². The van der Waals surface area contributed by atoms with Crippen molar-refractivity contribution >= 4 is 5.57 Å². The van der Waals surface area contributed by atoms with Gasteiger partial charge in [-0.2, -0.15) is 0 Å². The molecule has 2 aromatic rings. The normalized spacial score (nSPS) is 20.1. The van der Waals surface area contributed by atoms with Gasteiger partial charge in [0.15, 0.2) is 0 Å². The van der Waals surface area contributed by atoms with Crippen molar-refractivity contribution in [2.24, 2.45) is 0 Å². The molecule has 0 fully saturated rings. The number of hydrogen-bond donors (Lipinski definition) is 0. The fourth-order valence-corrected chi connectivity index (χ4v) is 5.45. The topological polar surface area (TPSA) is 34.6 Å². The highest BCUT2D eigenvalue weighted by atomic mass is 19.1. The highest BCUT2D eigenvalue weighted by molar-refractivity contribution is 5.79. The fourth-order valence-electron chi connectivity index (χ4n) is 5.45. The molecule has 2 atom stereocenters. The average Bonchev–Trinajstić information content (AvgIpc) is 3.19. The molecule has 1 aromatic heterocycles. The van der Waals surface area contributed by atoms with Crippen LogP contribution in [-0.2, 0) is 6.42 Å². The minimum Gasteiger partial charge on any atom is -0.495 e. The largest absolute Gasteiger partial charge is 0.495 e. The molecule has 2 heterocycles. The smallest absolute Gasteiger partial charge is 0.146 e. The van der Waals surface area contributed by atoms with E-state index >= 15 is 0 Å². The third-order valence-electron chi connectivity index (χ3n) is 7.03. The third kappa shape index (κ3) is 5.85. The Balaban J connectivity index is 1.64. The van der Waals surface area contributed by atoms with E-state index < -0.39 is 5.67 Å². The second-order valence-electron chi connectivity index (χ2n) is 10.4. The number of benzene rings is 1. The predicted octanol–water partition coefficient (Wildman–Crippen LogP) is 6.89. The number of aromatic nitrogens is 1. The molecule has 1 aliphatic heterocycles. The third-order valence-corrected chi connectivity index (χ3v) is 7.03. The van der Waals surface area contributed by atoms with Gasteiger partial charge in [0.25, 0.3) is 0 Å². The maximum atomic E-state index is 15.0. The number of alkyl halides is 2. The lowest BCUT2D eigenvalue weighted by atomic mass is 9.86. The molecule has 0 bridgehead atoms. The highest BCUT2D eigenvalue weighted by Crippen LogP contribution is 2.50. The Morgan fingerprint density at radius 3 is 2.66 bits per heavy atom. The van der Waals surface area contributed by atoms with Gasteiger partial charge in [-0.05, 0) is 75.1 Å². The minimum absolute atomic E-state index is 0.159. The molecule has 190 valence electrons. The van der Waals surface area contributed by atoms with Gasteiger partial charge in [-0.25, -0.2) is 4.39 Å². The second-order valence-corrected chi connectivity index (χ2v) is 10.4. The monoisotopic (exact) mass is 484 g/mol. The van der Waals surface area contributed by atoms with Crippen LogP contribution in [0.3, 0.4) is 0 Å². The summed E-state index contributed by atoms with van der Waals surface area (Å²) in [7, 11) is 1.65. The molecule has 1 aromatic carbocycles. The predicted molar refractivity (Wildman–Crippen MR) is 137 cm³/mol. The number of nitrogens with zero attached hydrogens (tertiary/aromatic N) is 2. The second kappa shape index (κ2) is 11.1. The lowest BCUT2D eigenvalue weighted by Gasteiger charge is -2.43. The van der Waals surface area contributed by atoms with Crippen molar-refractivity contribution < 1.29 is 18.3 Å². The van der Waals surface area contributed by atoms with Gasteiger partial charge in [-0.1, -0.05) is 30.7 Å². The van der Waals surface area contributed by atoms with E-state index in [4.69, 9.17) is 14.5 Å². The van der Waals surface area contributed by atoms with E-state index in [1.165, 1.54) is 22.3 Å². The van der Waals surface area contributed by atoms with Gasteiger partial charge in [0.1, 0.15) is 22.9 Å². The lowest BCUT2D eigenvalue weighted by Crippen LogP contribution is -2.46. The molecule has 0 radical (unpaired) electrons. The van der Waals surface area contributed by atoms with Gasteiger partial charge in [-0.3, -0.25) is 14.3 Å². The Morgan fingerprint density at radius 2 is 1.91 bits per heavy atom. The summed E-state index contributed by atoms with van der Waals surface area (Å²) in [6.07, 6.45) is 6.79. The Bertz CT molecular complexity index is 1050. The summed E-state index contributed by atoms with van der Waals surface area (Å²) in [5.41, 5.74) is 4.75. The molecule has 0 unspecified atom stereocenters. The van der Waals surface area contributed by atoms with Crippen molar-refractivity contribution in [2.75, 3.05) is 26.9 Å². The Labute approximate surface area is 208 Å². The number of unbranched alkanes of at least 4 members (excludes halogenated alkanes) is 3. The molecule has 0 saturated carbocycles. The van der Waals surface area contributed by atoms with Gasteiger partial charge >= 0.3 is 0 Å². The van der Waals surface area contributed by atoms with Crippen molar-refractivity contribution in [1.82, 2.24) is 9.88 Å². The zero-order chi connectivity index (χ0) is 25.0. The molecule has 4 rings (SSSR count). The quantitative estimate of drug-likeness (QED) is 0.325. The lowest BCUT2D eigenvalue weighted by molar-refractivity contribution is 0.0678. The van der Waals surface area contributed by atoms with Crippen LogP contribution in [0.1, 0.15) is 75.7 Å². The summed E-state index contributed by atoms with van der Waals surface area (Å²) < 4.78 is 39.0. The van der Waals surface area contributed by atoms with E-state index in [1.807, 2.05) is 6.07 Å². The number of pyridine rings is 1. The van der Waals surface area contributed by atoms with Crippen LogP contribution >= 0.6 is 0 Å². The molecule has 0 amide bonds. The maximum Gasteiger partial charge on any atom is 0.146 e. The summed E-state index contributed by atoms with van der Waals surface area (Å²) in [4.78, 5) is 7.09. The standard InChI is InChI=1S/C29H38F2N2O2/c1-20-15-24-23-12-8-7-11-21(23)16-25(24)28(33(20)19-29(2,3)31)27-26(34-4)17-22(18-32-27)35-14-10-6-5-9-13-30/h7-8,11-12,17-18,20,28H,5-6,9-10,13-16,19H2,1-4H3/t20-,28+/m1/s1. The van der Waals surface area contributed by atoms with Crippen LogP contribution in [0.25, 0.3) is 5.57 Å². The van der Waals surface area contributed by atoms with Gasteiger partial charge in [-0.15, -0.1) is 0 Å². The average molecular weight is 485 g/mol. The zero-order valence-electron chi connectivity index (χ0n) is 21.4. The van der Waals surface area contributed by atoms with Crippen LogP contribution in [0.15, 0.2) is 42.1 Å². The van der Waals surface area contributed by atoms with E-state index in [0.717, 1.165) is 37.8 Å². The first-order valence-corrected chi connectivity index (χ1v) is 12.8. The molecule has 35 heavy (non-hydrogen) atoms. The van der Waals surface area contributed by atoms with Crippen LogP contribution in [0, 0.1) is 0 Å². The van der Waals surface area contributed by atoms with Crippen LogP contribution < -0.4 is 9.47 Å². The molecular formula is C29H38F2N2O2. The Hall–Kier alpha value is -2.47. The SMILES string of the molecule is COc1cc(OCCCCCCF)cnc1[C@@H]1C2=C(C[C@@H](C)N1CC(C)(C)F)c1ccccc1C2. The summed E-state index contributed by atoms with van der Waals surface area (Å²) in [6, 6.07) is 10.4. The molecular weight excluding hydrogens is 446 g/mol. The number of hydrogen-bond acceptors (Lipinski definition) is 4. The molecule has 0 spiro atoms. The molecule has 2 aliphatic rings. The van der Waals surface area contributed by atoms with E-state index in [1.54, 1.807) is 27.2 Å². The van der Waals surface area contributed by atoms with Crippen LogP contribution in [0.5, 0.6) is 11.5 Å². The van der Waals surface area contributed by atoms with Gasteiger partial charge in [0.2, 0.25) is 0 Å². The van der Waals surface area contributed by atoms with Crippen molar-refractivity contribution in [3.8, 4) is 11.5 Å². The first kappa shape index (κ1) is 25.6. The van der Waals surface area contributed by atoms with E-state index in [2.05, 4.69) is 36.1 Å². The number of ether oxygens (including phenoxy) is 2. The Morgan fingerprint density at radius 1 is 1.14 bits per heavy atom. The summed E-state index contributed by atoms with van der Waals surface area (Å²) in [6.45, 7) is 6.07. The van der Waals surface area contributed by atoms with E-state index in [0.29, 0.717) is 31.1 Å². The summed E-state index contributed by atoms with van der Waals surface area (Å²) >= 11 is 0. The zero-order valence-corrected chi connectivity index (χ0v) is 21.4. The summed E-state index contributed by atoms with van der Waals surface area (Å²) in [5.74, 6) is 1.31. The number of methoxy groups -OCH3 is 1. The molecule has 1 aliphatic carbocycles. The maximum absolute atomic E-state index is 15.0. The van der Waals surface area contributed by atoms with Crippen LogP contribution in [0.4, 0.5) is 8.78 Å². The fraction of sp³-hybridized carbons (Fsp3) is 0.552. The summed E-state index contributed by atoms with van der Waals surface area (Å²) in [5, 5.41) is 0. The highest BCUT2D eigenvalue weighted by Gasteiger charge is 2.42. The van der Waals surface area contributed by atoms with Gasteiger partial charge in [0, 0.05) is 18.7 Å². The Kier molecular flexibility index (Phi) is 8.10. The molecule has 6 heteroatoms. The molecule has 4 nitrogen and oxygen atoms in total. The van der Waals surface area contributed by atoms with E-state index in [-0.39, 0.29) is 18.8 Å². The number of halogens is 2. The molecule has 0 saturated heterocycles. The van der Waals surface area contributed by atoms with Crippen molar-refractivity contribution in [3.63, 3.8) is 0 Å².